The number of benzene rings is 1. The lowest BCUT2D eigenvalue weighted by Gasteiger charge is -2.03. The molecule has 7 heteroatoms. The Morgan fingerprint density at radius 3 is 2.10 bits per heavy atom. The average Bonchev–Trinajstić information content (AvgIpc) is 2.42. The molecule has 0 saturated carbocycles. The maximum absolute atomic E-state index is 13.2. The van der Waals surface area contributed by atoms with Gasteiger partial charge in [0.05, 0.1) is 5.69 Å². The lowest BCUT2D eigenvalue weighted by atomic mass is 10.2. The molecule has 0 aliphatic heterocycles. The smallest absolute Gasteiger partial charge is 0.255 e. The molecule has 0 radical (unpaired) electrons. The van der Waals surface area contributed by atoms with Gasteiger partial charge < -0.3 is 4.74 Å². The molecule has 3 nitrogen and oxygen atoms in total. The maximum atomic E-state index is 13.2. The molecule has 0 aliphatic carbocycles. The van der Waals surface area contributed by atoms with Crippen LogP contribution >= 0.6 is 0 Å². The van der Waals surface area contributed by atoms with Gasteiger partial charge in [0.1, 0.15) is 0 Å². The second-order valence-corrected chi connectivity index (χ2v) is 3.84. The third-order valence-corrected chi connectivity index (χ3v) is 2.36. The molecule has 20 heavy (non-hydrogen) atoms. The lowest BCUT2D eigenvalue weighted by molar-refractivity contribution is 0.364. The zero-order valence-corrected chi connectivity index (χ0v) is 10.2. The van der Waals surface area contributed by atoms with Crippen LogP contribution in [0.25, 0.3) is 0 Å². The highest BCUT2D eigenvalue weighted by Crippen LogP contribution is 2.24. The van der Waals surface area contributed by atoms with E-state index in [1.54, 1.807) is 24.3 Å². The summed E-state index contributed by atoms with van der Waals surface area (Å²) in [5.41, 5.74) is 1.45. The maximum Gasteiger partial charge on any atom is 0.255 e. The van der Waals surface area contributed by atoms with Crippen LogP contribution in [0.3, 0.4) is 0 Å². The standard InChI is InChI=1S/C13H8F4N2O/c1-7-2-4-8(5-3-7)18-6-20-11-9(14)12(16)19-13(17)10(11)15/h2-6H,1H3. The predicted octanol–water partition coefficient (Wildman–Crippen LogP) is 3.69. The number of halogens is 4. The van der Waals surface area contributed by atoms with Gasteiger partial charge in [-0.1, -0.05) is 17.7 Å². The second kappa shape index (κ2) is 5.68. The van der Waals surface area contributed by atoms with Gasteiger partial charge in [0.25, 0.3) is 11.9 Å². The molecular weight excluding hydrogens is 276 g/mol. The highest BCUT2D eigenvalue weighted by molar-refractivity contribution is 5.59. The summed E-state index contributed by atoms with van der Waals surface area (Å²) >= 11 is 0. The third-order valence-electron chi connectivity index (χ3n) is 2.36. The van der Waals surface area contributed by atoms with E-state index >= 15 is 0 Å². The van der Waals surface area contributed by atoms with Gasteiger partial charge in [-0.15, -0.1) is 0 Å². The number of aromatic nitrogens is 1. The first-order valence-corrected chi connectivity index (χ1v) is 5.45. The van der Waals surface area contributed by atoms with Crippen molar-refractivity contribution in [2.24, 2.45) is 4.99 Å². The van der Waals surface area contributed by atoms with Gasteiger partial charge in [-0.2, -0.15) is 22.5 Å². The zero-order valence-electron chi connectivity index (χ0n) is 10.2. The number of nitrogens with zero attached hydrogens (tertiary/aromatic N) is 2. The van der Waals surface area contributed by atoms with Crippen LogP contribution in [-0.2, 0) is 0 Å². The van der Waals surface area contributed by atoms with Gasteiger partial charge >= 0.3 is 0 Å². The number of hydrogen-bond acceptors (Lipinski definition) is 3. The average molecular weight is 284 g/mol. The zero-order chi connectivity index (χ0) is 14.7. The minimum atomic E-state index is -1.79. The molecule has 2 aromatic rings. The van der Waals surface area contributed by atoms with Gasteiger partial charge in [0.15, 0.2) is 6.40 Å². The van der Waals surface area contributed by atoms with Crippen LogP contribution in [0.5, 0.6) is 5.75 Å². The number of hydrogen-bond donors (Lipinski definition) is 0. The van der Waals surface area contributed by atoms with Crippen LogP contribution in [0.4, 0.5) is 23.2 Å². The number of ether oxygens (including phenoxy) is 1. The molecule has 1 heterocycles. The van der Waals surface area contributed by atoms with Crippen molar-refractivity contribution in [2.75, 3.05) is 0 Å². The molecule has 0 spiro atoms. The molecule has 0 atom stereocenters. The highest BCUT2D eigenvalue weighted by atomic mass is 19.2. The monoisotopic (exact) mass is 284 g/mol. The molecule has 0 aliphatic rings. The number of aryl methyl sites for hydroxylation is 1. The molecular formula is C13H8F4N2O. The molecule has 0 N–H and O–H groups in total. The Morgan fingerprint density at radius 2 is 1.55 bits per heavy atom. The second-order valence-electron chi connectivity index (χ2n) is 3.84. The van der Waals surface area contributed by atoms with Crippen molar-refractivity contribution >= 4 is 12.1 Å². The van der Waals surface area contributed by atoms with E-state index in [1.165, 1.54) is 0 Å². The van der Waals surface area contributed by atoms with Crippen LogP contribution < -0.4 is 4.74 Å². The fraction of sp³-hybridized carbons (Fsp3) is 0.0769. The third kappa shape index (κ3) is 2.93. The van der Waals surface area contributed by atoms with Crippen molar-refractivity contribution in [1.29, 1.82) is 0 Å². The van der Waals surface area contributed by atoms with Gasteiger partial charge in [0.2, 0.25) is 17.4 Å². The molecule has 1 aromatic carbocycles. The molecule has 0 fully saturated rings. The molecule has 0 saturated heterocycles. The van der Waals surface area contributed by atoms with Crippen molar-refractivity contribution in [3.63, 3.8) is 0 Å². The quantitative estimate of drug-likeness (QED) is 0.373. The van der Waals surface area contributed by atoms with E-state index in [2.05, 4.69) is 14.7 Å². The largest absolute Gasteiger partial charge is 0.439 e. The minimum Gasteiger partial charge on any atom is -0.439 e. The van der Waals surface area contributed by atoms with Gasteiger partial charge in [0, 0.05) is 0 Å². The van der Waals surface area contributed by atoms with E-state index in [4.69, 9.17) is 0 Å². The molecule has 1 aromatic heterocycles. The molecule has 0 amide bonds. The van der Waals surface area contributed by atoms with E-state index < -0.39 is 29.3 Å². The van der Waals surface area contributed by atoms with Crippen LogP contribution in [0.15, 0.2) is 29.3 Å². The van der Waals surface area contributed by atoms with Crippen molar-refractivity contribution < 1.29 is 22.3 Å². The first-order chi connectivity index (χ1) is 9.49. The Bertz CT molecular complexity index is 630. The molecule has 104 valence electrons. The Kier molecular flexibility index (Phi) is 3.97. The summed E-state index contributed by atoms with van der Waals surface area (Å²) in [5, 5.41) is 0. The number of aliphatic imine (C=N–C) groups is 1. The summed E-state index contributed by atoms with van der Waals surface area (Å²) in [6.45, 7) is 1.87. The highest BCUT2D eigenvalue weighted by Gasteiger charge is 2.21. The van der Waals surface area contributed by atoms with E-state index in [-0.39, 0.29) is 0 Å². The van der Waals surface area contributed by atoms with E-state index in [9.17, 15) is 17.6 Å². The van der Waals surface area contributed by atoms with Crippen LogP contribution in [0, 0.1) is 30.5 Å². The van der Waals surface area contributed by atoms with Gasteiger partial charge in [-0.05, 0) is 19.1 Å². The Balaban J connectivity index is 2.21. The predicted molar refractivity (Wildman–Crippen MR) is 64.0 cm³/mol. The Labute approximate surface area is 111 Å². The summed E-state index contributed by atoms with van der Waals surface area (Å²) in [4.78, 5) is 6.14. The van der Waals surface area contributed by atoms with Crippen LogP contribution in [0.2, 0.25) is 0 Å². The van der Waals surface area contributed by atoms with Crippen LogP contribution in [-0.4, -0.2) is 11.4 Å². The lowest BCUT2D eigenvalue weighted by Crippen LogP contribution is -2.04. The fourth-order valence-corrected chi connectivity index (χ4v) is 1.34. The van der Waals surface area contributed by atoms with Gasteiger partial charge in [-0.3, -0.25) is 0 Å². The normalized spacial score (nSPS) is 11.1. The molecule has 0 unspecified atom stereocenters. The first-order valence-electron chi connectivity index (χ1n) is 5.45. The number of pyridine rings is 1. The van der Waals surface area contributed by atoms with Crippen molar-refractivity contribution in [1.82, 2.24) is 4.98 Å². The number of rotatable bonds is 3. The first kappa shape index (κ1) is 14.0. The van der Waals surface area contributed by atoms with Crippen molar-refractivity contribution in [3.8, 4) is 5.75 Å². The topological polar surface area (TPSA) is 34.5 Å². The summed E-state index contributed by atoms with van der Waals surface area (Å²) in [5.74, 6) is -8.25. The SMILES string of the molecule is Cc1ccc(N=COc2c(F)c(F)nc(F)c2F)cc1. The minimum absolute atomic E-state index is 0.450. The fourth-order valence-electron chi connectivity index (χ4n) is 1.34. The Morgan fingerprint density at radius 1 is 1.00 bits per heavy atom. The Hall–Kier alpha value is -2.44. The van der Waals surface area contributed by atoms with Gasteiger partial charge in [-0.25, -0.2) is 4.99 Å². The summed E-state index contributed by atoms with van der Waals surface area (Å²) in [6, 6.07) is 6.80. The molecule has 2 rings (SSSR count). The van der Waals surface area contributed by atoms with E-state index in [1.807, 2.05) is 6.92 Å². The van der Waals surface area contributed by atoms with E-state index in [0.717, 1.165) is 5.56 Å². The van der Waals surface area contributed by atoms with Crippen molar-refractivity contribution in [2.45, 2.75) is 6.92 Å². The molecule has 0 bridgehead atoms. The van der Waals surface area contributed by atoms with Crippen LogP contribution in [0.1, 0.15) is 5.56 Å². The van der Waals surface area contributed by atoms with E-state index in [0.29, 0.717) is 12.1 Å². The summed E-state index contributed by atoms with van der Waals surface area (Å²) in [6.07, 6.45) is 0.686. The summed E-state index contributed by atoms with van der Waals surface area (Å²) in [7, 11) is 0. The van der Waals surface area contributed by atoms with Crippen molar-refractivity contribution in [3.05, 3.63) is 53.4 Å². The summed E-state index contributed by atoms with van der Waals surface area (Å²) < 4.78 is 56.5.